The van der Waals surface area contributed by atoms with Crippen molar-refractivity contribution in [1.29, 1.82) is 0 Å². The Morgan fingerprint density at radius 2 is 2.30 bits per heavy atom. The molecule has 0 bridgehead atoms. The van der Waals surface area contributed by atoms with Crippen LogP contribution in [0.1, 0.15) is 29.4 Å². The van der Waals surface area contributed by atoms with Gasteiger partial charge in [-0.25, -0.2) is 0 Å². The molecule has 7 heteroatoms. The quantitative estimate of drug-likeness (QED) is 0.762. The summed E-state index contributed by atoms with van der Waals surface area (Å²) in [5.41, 5.74) is 0. The minimum absolute atomic E-state index is 0.136. The number of carbonyl (C=O) groups excluding carboxylic acids is 2. The Kier molecular flexibility index (Phi) is 5.56. The minimum Gasteiger partial charge on any atom is -0.350 e. The van der Waals surface area contributed by atoms with Crippen LogP contribution < -0.4 is 16.0 Å². The van der Waals surface area contributed by atoms with Crippen LogP contribution in [0.5, 0.6) is 0 Å². The number of piperidine rings is 1. The first-order valence-electron chi connectivity index (χ1n) is 6.63. The number of hydrogen-bond donors (Lipinski definition) is 3. The summed E-state index contributed by atoms with van der Waals surface area (Å²) >= 11 is 4.66. The minimum atomic E-state index is -0.537. The third kappa shape index (κ3) is 4.29. The third-order valence-electron chi connectivity index (χ3n) is 3.18. The number of rotatable bonds is 4. The summed E-state index contributed by atoms with van der Waals surface area (Å²) < 4.78 is 0.896. The monoisotopic (exact) mass is 359 g/mol. The fraction of sp³-hybridized carbons (Fsp3) is 0.538. The summed E-state index contributed by atoms with van der Waals surface area (Å²) in [5, 5.41) is 8.92. The van der Waals surface area contributed by atoms with Gasteiger partial charge in [0.05, 0.1) is 8.66 Å². The summed E-state index contributed by atoms with van der Waals surface area (Å²) in [5.74, 6) is -0.354. The highest BCUT2D eigenvalue weighted by Crippen LogP contribution is 2.21. The molecule has 5 nitrogen and oxygen atoms in total. The van der Waals surface area contributed by atoms with Crippen LogP contribution in [-0.2, 0) is 4.79 Å². The van der Waals surface area contributed by atoms with Crippen molar-refractivity contribution in [3.8, 4) is 0 Å². The second kappa shape index (κ2) is 7.19. The molecule has 2 atom stereocenters. The van der Waals surface area contributed by atoms with Crippen molar-refractivity contribution < 1.29 is 9.59 Å². The third-order valence-corrected chi connectivity index (χ3v) is 4.80. The predicted octanol–water partition coefficient (Wildman–Crippen LogP) is 1.50. The molecular weight excluding hydrogens is 342 g/mol. The van der Waals surface area contributed by atoms with Crippen molar-refractivity contribution in [3.05, 3.63) is 20.8 Å². The first kappa shape index (κ1) is 15.5. The number of carbonyl (C=O) groups is 2. The van der Waals surface area contributed by atoms with Crippen LogP contribution in [0.15, 0.2) is 15.9 Å². The van der Waals surface area contributed by atoms with E-state index in [0.717, 1.165) is 29.7 Å². The van der Waals surface area contributed by atoms with E-state index in [4.69, 9.17) is 0 Å². The van der Waals surface area contributed by atoms with E-state index in [0.29, 0.717) is 4.88 Å². The van der Waals surface area contributed by atoms with Gasteiger partial charge in [0, 0.05) is 12.6 Å². The standard InChI is InChI=1S/C13H18BrN3O2S/c1-8(12(18)17-9-3-2-6-15-7-9)16-13(19)10-4-5-11(14)20-10/h4-5,8-9,15H,2-3,6-7H2,1H3,(H,16,19)(H,17,18)/t8?,9-/m0/s1. The second-order valence-corrected chi connectivity index (χ2v) is 7.31. The summed E-state index contributed by atoms with van der Waals surface area (Å²) in [7, 11) is 0. The average Bonchev–Trinajstić information content (AvgIpc) is 2.86. The molecule has 110 valence electrons. The number of nitrogens with one attached hydrogen (secondary N) is 3. The van der Waals surface area contributed by atoms with Crippen LogP contribution >= 0.6 is 27.3 Å². The summed E-state index contributed by atoms with van der Waals surface area (Å²) in [6, 6.07) is 3.18. The van der Waals surface area contributed by atoms with Gasteiger partial charge in [0.1, 0.15) is 6.04 Å². The van der Waals surface area contributed by atoms with Crippen LogP contribution in [0, 0.1) is 0 Å². The van der Waals surface area contributed by atoms with Crippen molar-refractivity contribution in [2.75, 3.05) is 13.1 Å². The largest absolute Gasteiger partial charge is 0.350 e. The maximum Gasteiger partial charge on any atom is 0.262 e. The van der Waals surface area contributed by atoms with Crippen molar-refractivity contribution in [2.24, 2.45) is 0 Å². The lowest BCUT2D eigenvalue weighted by Gasteiger charge is -2.25. The molecule has 1 aliphatic heterocycles. The molecule has 1 aliphatic rings. The van der Waals surface area contributed by atoms with E-state index in [1.165, 1.54) is 11.3 Å². The summed E-state index contributed by atoms with van der Waals surface area (Å²) in [4.78, 5) is 24.6. The van der Waals surface area contributed by atoms with E-state index in [1.807, 2.05) is 6.07 Å². The lowest BCUT2D eigenvalue weighted by molar-refractivity contribution is -0.123. The number of amides is 2. The maximum atomic E-state index is 12.0. The van der Waals surface area contributed by atoms with Gasteiger partial charge in [-0.2, -0.15) is 0 Å². The first-order valence-corrected chi connectivity index (χ1v) is 8.24. The zero-order valence-electron chi connectivity index (χ0n) is 11.2. The van der Waals surface area contributed by atoms with Crippen molar-refractivity contribution >= 4 is 39.1 Å². The molecule has 20 heavy (non-hydrogen) atoms. The fourth-order valence-electron chi connectivity index (χ4n) is 2.07. The molecule has 0 spiro atoms. The van der Waals surface area contributed by atoms with Gasteiger partial charge in [0.15, 0.2) is 0 Å². The molecule has 0 radical (unpaired) electrons. The number of halogens is 1. The van der Waals surface area contributed by atoms with Gasteiger partial charge in [-0.15, -0.1) is 11.3 Å². The highest BCUT2D eigenvalue weighted by molar-refractivity contribution is 9.11. The van der Waals surface area contributed by atoms with Gasteiger partial charge in [-0.3, -0.25) is 9.59 Å². The maximum absolute atomic E-state index is 12.0. The molecule has 0 saturated carbocycles. The van der Waals surface area contributed by atoms with Gasteiger partial charge in [-0.1, -0.05) is 0 Å². The average molecular weight is 360 g/mol. The SMILES string of the molecule is CC(NC(=O)c1ccc(Br)s1)C(=O)N[C@H]1CCCNC1. The van der Waals surface area contributed by atoms with Crippen molar-refractivity contribution in [3.63, 3.8) is 0 Å². The van der Waals surface area contributed by atoms with E-state index in [1.54, 1.807) is 13.0 Å². The van der Waals surface area contributed by atoms with Crippen LogP contribution in [0.3, 0.4) is 0 Å². The molecule has 2 heterocycles. The number of thiophene rings is 1. The van der Waals surface area contributed by atoms with Crippen LogP contribution in [0.25, 0.3) is 0 Å². The number of hydrogen-bond acceptors (Lipinski definition) is 4. The molecule has 0 aromatic carbocycles. The fourth-order valence-corrected chi connectivity index (χ4v) is 3.36. The van der Waals surface area contributed by atoms with E-state index in [-0.39, 0.29) is 17.9 Å². The van der Waals surface area contributed by atoms with Crippen molar-refractivity contribution in [2.45, 2.75) is 31.8 Å². The Bertz CT molecular complexity index is 486. The zero-order valence-corrected chi connectivity index (χ0v) is 13.6. The second-order valence-electron chi connectivity index (χ2n) is 4.85. The van der Waals surface area contributed by atoms with Gasteiger partial charge < -0.3 is 16.0 Å². The molecule has 0 aliphatic carbocycles. The van der Waals surface area contributed by atoms with Gasteiger partial charge in [0.25, 0.3) is 5.91 Å². The normalized spacial score (nSPS) is 20.2. The lowest BCUT2D eigenvalue weighted by Crippen LogP contribution is -2.52. The Morgan fingerprint density at radius 3 is 2.90 bits per heavy atom. The van der Waals surface area contributed by atoms with Crippen molar-refractivity contribution in [1.82, 2.24) is 16.0 Å². The molecule has 3 N–H and O–H groups in total. The highest BCUT2D eigenvalue weighted by Gasteiger charge is 2.21. The highest BCUT2D eigenvalue weighted by atomic mass is 79.9. The smallest absolute Gasteiger partial charge is 0.262 e. The molecular formula is C13H18BrN3O2S. The van der Waals surface area contributed by atoms with E-state index < -0.39 is 6.04 Å². The molecule has 1 fully saturated rings. The molecule has 2 rings (SSSR count). The molecule has 1 unspecified atom stereocenters. The zero-order chi connectivity index (χ0) is 14.5. The molecule has 2 amide bonds. The Balaban J connectivity index is 1.82. The van der Waals surface area contributed by atoms with Crippen LogP contribution in [-0.4, -0.2) is 37.0 Å². The summed E-state index contributed by atoms with van der Waals surface area (Å²) in [6.45, 7) is 3.50. The van der Waals surface area contributed by atoms with Crippen LogP contribution in [0.2, 0.25) is 0 Å². The lowest BCUT2D eigenvalue weighted by atomic mass is 10.1. The first-order chi connectivity index (χ1) is 9.56. The molecule has 1 aromatic heterocycles. The van der Waals surface area contributed by atoms with Crippen LogP contribution in [0.4, 0.5) is 0 Å². The van der Waals surface area contributed by atoms with Gasteiger partial charge >= 0.3 is 0 Å². The van der Waals surface area contributed by atoms with E-state index in [2.05, 4.69) is 31.9 Å². The van der Waals surface area contributed by atoms with Gasteiger partial charge in [0.2, 0.25) is 5.91 Å². The Hall–Kier alpha value is -0.920. The topological polar surface area (TPSA) is 70.2 Å². The summed E-state index contributed by atoms with van der Waals surface area (Å²) in [6.07, 6.45) is 2.05. The Labute approximate surface area is 130 Å². The van der Waals surface area contributed by atoms with E-state index >= 15 is 0 Å². The van der Waals surface area contributed by atoms with Gasteiger partial charge in [-0.05, 0) is 54.4 Å². The molecule has 1 saturated heterocycles. The molecule has 1 aromatic rings. The Morgan fingerprint density at radius 1 is 1.50 bits per heavy atom. The predicted molar refractivity (Wildman–Crippen MR) is 83.0 cm³/mol. The van der Waals surface area contributed by atoms with E-state index in [9.17, 15) is 9.59 Å².